The molecule has 0 saturated heterocycles. The zero-order chi connectivity index (χ0) is 4.83. The van der Waals surface area contributed by atoms with Crippen LogP contribution in [0.2, 0.25) is 0 Å². The Hall–Kier alpha value is -0.720. The van der Waals surface area contributed by atoms with Crippen molar-refractivity contribution in [3.05, 3.63) is 24.5 Å². The summed E-state index contributed by atoms with van der Waals surface area (Å²) in [6.45, 7) is 1.89. The molecule has 6 heavy (non-hydrogen) atoms. The van der Waals surface area contributed by atoms with E-state index < -0.39 is 0 Å². The maximum absolute atomic E-state index is 7.97. The minimum atomic E-state index is 1.00. The van der Waals surface area contributed by atoms with Gasteiger partial charge < -0.3 is 5.11 Å². The molecule has 0 aromatic heterocycles. The summed E-state index contributed by atoms with van der Waals surface area (Å²) in [6.07, 6.45) is 6.15. The quantitative estimate of drug-likeness (QED) is 0.378. The molecule has 0 aromatic rings. The highest BCUT2D eigenvalue weighted by molar-refractivity contribution is 4.96. The Labute approximate surface area is 37.6 Å². The van der Waals surface area contributed by atoms with Gasteiger partial charge in [-0.1, -0.05) is 12.2 Å². The fraction of sp³-hybridized carbons (Fsp3) is 0.200. The van der Waals surface area contributed by atoms with Crippen molar-refractivity contribution in [1.29, 1.82) is 0 Å². The highest BCUT2D eigenvalue weighted by Gasteiger charge is 1.50. The average Bonchev–Trinajstić information content (AvgIpc) is 1.61. The lowest BCUT2D eigenvalue weighted by molar-refractivity contribution is 0.473. The Morgan fingerprint density at radius 3 is 2.17 bits per heavy atom. The van der Waals surface area contributed by atoms with Gasteiger partial charge in [-0.25, -0.2) is 0 Å². The summed E-state index contributed by atoms with van der Waals surface area (Å²) in [7, 11) is 0. The number of aliphatic hydroxyl groups is 1. The summed E-state index contributed by atoms with van der Waals surface area (Å²) >= 11 is 0. The lowest BCUT2D eigenvalue weighted by Gasteiger charge is -1.63. The fourth-order valence-corrected chi connectivity index (χ4v) is 0.161. The van der Waals surface area contributed by atoms with Crippen LogP contribution in [0.4, 0.5) is 0 Å². The molecule has 0 rings (SSSR count). The van der Waals surface area contributed by atoms with Crippen LogP contribution in [-0.2, 0) is 0 Å². The first-order valence-corrected chi connectivity index (χ1v) is 1.84. The third-order valence-electron chi connectivity index (χ3n) is 0.390. The van der Waals surface area contributed by atoms with Crippen LogP contribution in [0.5, 0.6) is 0 Å². The summed E-state index contributed by atoms with van der Waals surface area (Å²) in [6, 6.07) is 0. The molecule has 0 bridgehead atoms. The Morgan fingerprint density at radius 1 is 1.33 bits per heavy atom. The van der Waals surface area contributed by atoms with E-state index in [1.807, 2.05) is 13.0 Å². The normalized spacial score (nSPS) is 11.5. The lowest BCUT2D eigenvalue weighted by atomic mass is 10.5. The third-order valence-corrected chi connectivity index (χ3v) is 0.390. The second-order valence-corrected chi connectivity index (χ2v) is 0.867. The van der Waals surface area contributed by atoms with Gasteiger partial charge in [0.15, 0.2) is 0 Å². The summed E-state index contributed by atoms with van der Waals surface area (Å²) in [5.74, 6) is 0. The molecular formula is C5H8O. The molecule has 1 heteroatoms. The van der Waals surface area contributed by atoms with Crippen molar-refractivity contribution in [1.82, 2.24) is 0 Å². The third kappa shape index (κ3) is 3.28. The van der Waals surface area contributed by atoms with Gasteiger partial charge in [-0.2, -0.15) is 0 Å². The Bertz CT molecular complexity index is 52.3. The molecule has 1 N–H and O–H groups in total. The maximum atomic E-state index is 7.97. The monoisotopic (exact) mass is 84.1 g/mol. The number of aliphatic hydroxyl groups excluding tert-OH is 1. The molecule has 0 unspecified atom stereocenters. The molecule has 0 spiro atoms. The zero-order valence-electron chi connectivity index (χ0n) is 3.76. The van der Waals surface area contributed by atoms with E-state index in [1.54, 1.807) is 12.2 Å². The predicted molar refractivity (Wildman–Crippen MR) is 26.6 cm³/mol. The summed E-state index contributed by atoms with van der Waals surface area (Å²) in [4.78, 5) is 0. The van der Waals surface area contributed by atoms with Crippen molar-refractivity contribution in [2.24, 2.45) is 0 Å². The molecule has 0 aliphatic rings. The van der Waals surface area contributed by atoms with Crippen LogP contribution in [0.25, 0.3) is 0 Å². The van der Waals surface area contributed by atoms with E-state index >= 15 is 0 Å². The smallest absolute Gasteiger partial charge is 0.0791 e. The average molecular weight is 84.1 g/mol. The van der Waals surface area contributed by atoms with Crippen LogP contribution in [0.1, 0.15) is 6.92 Å². The number of allylic oxidation sites excluding steroid dienone is 3. The molecule has 0 heterocycles. The highest BCUT2D eigenvalue weighted by atomic mass is 16.2. The van der Waals surface area contributed by atoms with Crippen LogP contribution in [0, 0.1) is 0 Å². The van der Waals surface area contributed by atoms with E-state index in [0.717, 1.165) is 6.26 Å². The van der Waals surface area contributed by atoms with E-state index in [9.17, 15) is 0 Å². The fourth-order valence-electron chi connectivity index (χ4n) is 0.161. The first-order chi connectivity index (χ1) is 2.91. The minimum Gasteiger partial charge on any atom is -0.516 e. The van der Waals surface area contributed by atoms with Crippen molar-refractivity contribution in [3.63, 3.8) is 0 Å². The molecular weight excluding hydrogens is 76.1 g/mol. The molecule has 34 valence electrons. The Kier molecular flexibility index (Phi) is 3.77. The van der Waals surface area contributed by atoms with Gasteiger partial charge in [-0.15, -0.1) is 0 Å². The highest BCUT2D eigenvalue weighted by Crippen LogP contribution is 1.69. The van der Waals surface area contributed by atoms with Crippen molar-refractivity contribution in [2.75, 3.05) is 0 Å². The topological polar surface area (TPSA) is 20.2 Å². The molecule has 0 fully saturated rings. The first-order valence-electron chi connectivity index (χ1n) is 1.84. The van der Waals surface area contributed by atoms with E-state index in [2.05, 4.69) is 0 Å². The molecule has 0 aromatic carbocycles. The number of rotatable bonds is 1. The largest absolute Gasteiger partial charge is 0.516 e. The van der Waals surface area contributed by atoms with Crippen LogP contribution in [0.3, 0.4) is 0 Å². The molecule has 1 nitrogen and oxygen atoms in total. The summed E-state index contributed by atoms with van der Waals surface area (Å²) in [5, 5.41) is 7.97. The Morgan fingerprint density at radius 2 is 2.00 bits per heavy atom. The molecule has 0 amide bonds. The van der Waals surface area contributed by atoms with Crippen LogP contribution in [-0.4, -0.2) is 5.11 Å². The second kappa shape index (κ2) is 4.28. The van der Waals surface area contributed by atoms with Gasteiger partial charge in [-0.3, -0.25) is 0 Å². The van der Waals surface area contributed by atoms with Crippen LogP contribution >= 0.6 is 0 Å². The SMILES string of the molecule is CC=C/C=C\O. The summed E-state index contributed by atoms with van der Waals surface area (Å²) in [5.41, 5.74) is 0. The van der Waals surface area contributed by atoms with Gasteiger partial charge in [-0.05, 0) is 13.0 Å². The van der Waals surface area contributed by atoms with Crippen molar-refractivity contribution >= 4 is 0 Å². The number of hydrogen-bond donors (Lipinski definition) is 1. The lowest BCUT2D eigenvalue weighted by Crippen LogP contribution is -1.44. The zero-order valence-corrected chi connectivity index (χ0v) is 3.76. The van der Waals surface area contributed by atoms with Gasteiger partial charge in [0, 0.05) is 0 Å². The van der Waals surface area contributed by atoms with Crippen LogP contribution < -0.4 is 0 Å². The predicted octanol–water partition coefficient (Wildman–Crippen LogP) is 1.63. The maximum Gasteiger partial charge on any atom is 0.0791 e. The van der Waals surface area contributed by atoms with Crippen LogP contribution in [0.15, 0.2) is 24.5 Å². The van der Waals surface area contributed by atoms with Gasteiger partial charge in [0.05, 0.1) is 6.26 Å². The van der Waals surface area contributed by atoms with E-state index in [0.29, 0.717) is 0 Å². The van der Waals surface area contributed by atoms with Gasteiger partial charge >= 0.3 is 0 Å². The van der Waals surface area contributed by atoms with Gasteiger partial charge in [0.2, 0.25) is 0 Å². The molecule has 0 aliphatic heterocycles. The molecule has 0 atom stereocenters. The van der Waals surface area contributed by atoms with E-state index in [4.69, 9.17) is 5.11 Å². The number of hydrogen-bond acceptors (Lipinski definition) is 1. The van der Waals surface area contributed by atoms with Crippen molar-refractivity contribution in [3.8, 4) is 0 Å². The summed E-state index contributed by atoms with van der Waals surface area (Å²) < 4.78 is 0. The van der Waals surface area contributed by atoms with Gasteiger partial charge in [0.25, 0.3) is 0 Å². The minimum absolute atomic E-state index is 1.00. The molecule has 0 saturated carbocycles. The van der Waals surface area contributed by atoms with E-state index in [1.165, 1.54) is 0 Å². The molecule has 0 aliphatic carbocycles. The standard InChI is InChI=1S/C5H8O/c1-2-3-4-5-6/h2-6H,1H3/b3-2?,5-4-. The van der Waals surface area contributed by atoms with Gasteiger partial charge in [0.1, 0.15) is 0 Å². The Balaban J connectivity index is 3.07. The van der Waals surface area contributed by atoms with E-state index in [-0.39, 0.29) is 0 Å². The van der Waals surface area contributed by atoms with Crippen molar-refractivity contribution in [2.45, 2.75) is 6.92 Å². The van der Waals surface area contributed by atoms with Crippen molar-refractivity contribution < 1.29 is 5.11 Å². The second-order valence-electron chi connectivity index (χ2n) is 0.867. The molecule has 0 radical (unpaired) electrons. The first kappa shape index (κ1) is 5.28.